The Hall–Kier alpha value is -1.10. The molecular formula is C16H23ClN2O2. The van der Waals surface area contributed by atoms with E-state index in [9.17, 15) is 4.79 Å². The van der Waals surface area contributed by atoms with E-state index in [2.05, 4.69) is 12.2 Å². The summed E-state index contributed by atoms with van der Waals surface area (Å²) < 4.78 is 5.31. The van der Waals surface area contributed by atoms with E-state index in [4.69, 9.17) is 16.3 Å². The molecule has 0 radical (unpaired) electrons. The van der Waals surface area contributed by atoms with Crippen molar-refractivity contribution in [3.63, 3.8) is 0 Å². The van der Waals surface area contributed by atoms with Gasteiger partial charge in [-0.1, -0.05) is 37.1 Å². The molecule has 1 aliphatic heterocycles. The Morgan fingerprint density at radius 3 is 2.62 bits per heavy atom. The molecule has 1 aromatic rings. The Morgan fingerprint density at radius 1 is 1.38 bits per heavy atom. The van der Waals surface area contributed by atoms with Crippen molar-refractivity contribution in [2.75, 3.05) is 13.7 Å². The van der Waals surface area contributed by atoms with Crippen molar-refractivity contribution in [2.45, 2.75) is 44.9 Å². The highest BCUT2D eigenvalue weighted by molar-refractivity contribution is 6.30. The maximum atomic E-state index is 12.5. The molecule has 0 saturated carbocycles. The molecule has 1 aliphatic rings. The SMILES string of the molecule is CCCC(COC)N1C(=O)C(C)NC1c1ccc(Cl)cc1. The van der Waals surface area contributed by atoms with E-state index < -0.39 is 0 Å². The van der Waals surface area contributed by atoms with Gasteiger partial charge in [0, 0.05) is 12.1 Å². The first kappa shape index (κ1) is 16.3. The van der Waals surface area contributed by atoms with Gasteiger partial charge in [0.15, 0.2) is 0 Å². The molecule has 1 fully saturated rings. The summed E-state index contributed by atoms with van der Waals surface area (Å²) in [7, 11) is 1.68. The van der Waals surface area contributed by atoms with Gasteiger partial charge in [0.1, 0.15) is 6.17 Å². The molecule has 0 spiro atoms. The van der Waals surface area contributed by atoms with Crippen molar-refractivity contribution in [2.24, 2.45) is 0 Å². The molecule has 0 bridgehead atoms. The fourth-order valence-electron chi connectivity index (χ4n) is 2.86. The zero-order valence-electron chi connectivity index (χ0n) is 12.8. The Balaban J connectivity index is 2.29. The Labute approximate surface area is 131 Å². The zero-order chi connectivity index (χ0) is 15.4. The van der Waals surface area contributed by atoms with Crippen molar-refractivity contribution in [3.8, 4) is 0 Å². The van der Waals surface area contributed by atoms with Gasteiger partial charge in [-0.05, 0) is 31.0 Å². The molecule has 2 rings (SSSR count). The number of halogens is 1. The number of benzene rings is 1. The molecule has 116 valence electrons. The van der Waals surface area contributed by atoms with Gasteiger partial charge in [-0.15, -0.1) is 0 Å². The molecule has 5 heteroatoms. The number of carbonyl (C=O) groups excluding carboxylic acids is 1. The minimum atomic E-state index is -0.179. The van der Waals surface area contributed by atoms with E-state index in [1.165, 1.54) is 0 Å². The van der Waals surface area contributed by atoms with Crippen LogP contribution in [-0.2, 0) is 9.53 Å². The summed E-state index contributed by atoms with van der Waals surface area (Å²) in [4.78, 5) is 14.5. The van der Waals surface area contributed by atoms with Crippen LogP contribution in [-0.4, -0.2) is 36.6 Å². The van der Waals surface area contributed by atoms with Crippen molar-refractivity contribution in [1.29, 1.82) is 0 Å². The third kappa shape index (κ3) is 3.57. The van der Waals surface area contributed by atoms with Crippen LogP contribution in [0.25, 0.3) is 0 Å². The van der Waals surface area contributed by atoms with Crippen molar-refractivity contribution in [1.82, 2.24) is 10.2 Å². The van der Waals surface area contributed by atoms with Crippen molar-refractivity contribution < 1.29 is 9.53 Å². The van der Waals surface area contributed by atoms with Crippen LogP contribution in [0, 0.1) is 0 Å². The van der Waals surface area contributed by atoms with Crippen LogP contribution < -0.4 is 5.32 Å². The molecule has 3 unspecified atom stereocenters. The summed E-state index contributed by atoms with van der Waals surface area (Å²) in [6, 6.07) is 7.56. The van der Waals surface area contributed by atoms with Gasteiger partial charge in [-0.3, -0.25) is 10.1 Å². The number of carbonyl (C=O) groups is 1. The molecule has 21 heavy (non-hydrogen) atoms. The average molecular weight is 311 g/mol. The highest BCUT2D eigenvalue weighted by Gasteiger charge is 2.40. The zero-order valence-corrected chi connectivity index (χ0v) is 13.6. The average Bonchev–Trinajstić information content (AvgIpc) is 2.75. The predicted octanol–water partition coefficient (Wildman–Crippen LogP) is 2.97. The van der Waals surface area contributed by atoms with Crippen LogP contribution in [0.15, 0.2) is 24.3 Å². The van der Waals surface area contributed by atoms with Crippen LogP contribution in [0.4, 0.5) is 0 Å². The van der Waals surface area contributed by atoms with Gasteiger partial charge in [0.25, 0.3) is 0 Å². The highest BCUT2D eigenvalue weighted by atomic mass is 35.5. The summed E-state index contributed by atoms with van der Waals surface area (Å²) in [6.07, 6.45) is 1.83. The van der Waals surface area contributed by atoms with Crippen LogP contribution in [0.3, 0.4) is 0 Å². The Kier molecular flexibility index (Phi) is 5.62. The summed E-state index contributed by atoms with van der Waals surface area (Å²) in [5, 5.41) is 4.06. The van der Waals surface area contributed by atoms with Gasteiger partial charge in [0.2, 0.25) is 5.91 Å². The second kappa shape index (κ2) is 7.25. The molecular weight excluding hydrogens is 288 g/mol. The largest absolute Gasteiger partial charge is 0.383 e. The van der Waals surface area contributed by atoms with Crippen LogP contribution in [0.2, 0.25) is 5.02 Å². The first-order valence-electron chi connectivity index (χ1n) is 7.41. The van der Waals surface area contributed by atoms with E-state index in [0.717, 1.165) is 18.4 Å². The smallest absolute Gasteiger partial charge is 0.241 e. The molecule has 0 aliphatic carbocycles. The second-order valence-corrected chi connectivity index (χ2v) is 5.92. The molecule has 0 aromatic heterocycles. The second-order valence-electron chi connectivity index (χ2n) is 5.49. The van der Waals surface area contributed by atoms with Gasteiger partial charge in [0.05, 0.1) is 18.7 Å². The lowest BCUT2D eigenvalue weighted by Crippen LogP contribution is -2.42. The molecule has 1 saturated heterocycles. The number of hydrogen-bond donors (Lipinski definition) is 1. The minimum Gasteiger partial charge on any atom is -0.383 e. The van der Waals surface area contributed by atoms with Gasteiger partial charge in [-0.2, -0.15) is 0 Å². The normalized spacial score (nSPS) is 23.6. The van der Waals surface area contributed by atoms with E-state index in [1.54, 1.807) is 7.11 Å². The van der Waals surface area contributed by atoms with Crippen LogP contribution in [0.1, 0.15) is 38.4 Å². The quantitative estimate of drug-likeness (QED) is 0.878. The lowest BCUT2D eigenvalue weighted by molar-refractivity contribution is -0.133. The number of methoxy groups -OCH3 is 1. The summed E-state index contributed by atoms with van der Waals surface area (Å²) in [5.74, 6) is 0.130. The highest BCUT2D eigenvalue weighted by Crippen LogP contribution is 2.29. The third-order valence-electron chi connectivity index (χ3n) is 3.87. The molecule has 1 N–H and O–H groups in total. The number of rotatable bonds is 6. The minimum absolute atomic E-state index is 0.0885. The van der Waals surface area contributed by atoms with E-state index in [-0.39, 0.29) is 24.2 Å². The molecule has 1 aromatic carbocycles. The third-order valence-corrected chi connectivity index (χ3v) is 4.12. The molecule has 1 heterocycles. The lowest BCUT2D eigenvalue weighted by atomic mass is 10.1. The lowest BCUT2D eigenvalue weighted by Gasteiger charge is -2.32. The first-order valence-corrected chi connectivity index (χ1v) is 7.79. The monoisotopic (exact) mass is 310 g/mol. The maximum Gasteiger partial charge on any atom is 0.241 e. The number of nitrogens with zero attached hydrogens (tertiary/aromatic N) is 1. The number of ether oxygens (including phenoxy) is 1. The summed E-state index contributed by atoms with van der Waals surface area (Å²) >= 11 is 5.95. The number of hydrogen-bond acceptors (Lipinski definition) is 3. The number of amides is 1. The fourth-order valence-corrected chi connectivity index (χ4v) is 2.99. The first-order chi connectivity index (χ1) is 10.1. The van der Waals surface area contributed by atoms with Gasteiger partial charge < -0.3 is 9.64 Å². The van der Waals surface area contributed by atoms with E-state index in [0.29, 0.717) is 11.6 Å². The fraction of sp³-hybridized carbons (Fsp3) is 0.562. The summed E-state index contributed by atoms with van der Waals surface area (Å²) in [6.45, 7) is 4.58. The summed E-state index contributed by atoms with van der Waals surface area (Å²) in [5.41, 5.74) is 1.05. The molecule has 1 amide bonds. The van der Waals surface area contributed by atoms with Crippen molar-refractivity contribution >= 4 is 17.5 Å². The Bertz CT molecular complexity index is 472. The maximum absolute atomic E-state index is 12.5. The Morgan fingerprint density at radius 2 is 2.05 bits per heavy atom. The van der Waals surface area contributed by atoms with E-state index in [1.807, 2.05) is 36.1 Å². The van der Waals surface area contributed by atoms with E-state index >= 15 is 0 Å². The number of nitrogens with one attached hydrogen (secondary N) is 1. The predicted molar refractivity (Wildman–Crippen MR) is 84.2 cm³/mol. The van der Waals surface area contributed by atoms with Crippen LogP contribution in [0.5, 0.6) is 0 Å². The standard InChI is InChI=1S/C16H23ClN2O2/c1-4-5-14(10-21-3)19-15(18-11(2)16(19)20)12-6-8-13(17)9-7-12/h6-9,11,14-15,18H,4-5,10H2,1-3H3. The van der Waals surface area contributed by atoms with Gasteiger partial charge >= 0.3 is 0 Å². The topological polar surface area (TPSA) is 41.6 Å². The van der Waals surface area contributed by atoms with Crippen molar-refractivity contribution in [3.05, 3.63) is 34.9 Å². The molecule has 3 atom stereocenters. The van der Waals surface area contributed by atoms with Gasteiger partial charge in [-0.25, -0.2) is 0 Å². The molecule has 4 nitrogen and oxygen atoms in total. The van der Waals surface area contributed by atoms with Crippen LogP contribution >= 0.6 is 11.6 Å².